The maximum absolute atomic E-state index is 11.6. The highest BCUT2D eigenvalue weighted by Gasteiger charge is 2.31. The van der Waals surface area contributed by atoms with Crippen LogP contribution in [0.3, 0.4) is 0 Å². The number of nitrogens with one attached hydrogen (secondary N) is 1. The number of hydrogen-bond acceptors (Lipinski definition) is 6. The van der Waals surface area contributed by atoms with Gasteiger partial charge < -0.3 is 9.90 Å². The zero-order valence-electron chi connectivity index (χ0n) is 11.2. The van der Waals surface area contributed by atoms with E-state index < -0.39 is 12.1 Å². The molecular weight excluding hydrogens is 274 g/mol. The number of carbonyl (C=O) groups is 2. The molecule has 110 valence electrons. The summed E-state index contributed by atoms with van der Waals surface area (Å²) in [4.78, 5) is 22.6. The number of hydrazine groups is 1. The Morgan fingerprint density at radius 3 is 3.05 bits per heavy atom. The van der Waals surface area contributed by atoms with Crippen LogP contribution in [0.4, 0.5) is 0 Å². The molecule has 0 radical (unpaired) electrons. The van der Waals surface area contributed by atoms with Crippen LogP contribution in [0.2, 0.25) is 0 Å². The molecule has 0 saturated carbocycles. The van der Waals surface area contributed by atoms with Crippen molar-refractivity contribution in [2.45, 2.75) is 25.0 Å². The van der Waals surface area contributed by atoms with Crippen molar-refractivity contribution in [2.24, 2.45) is 0 Å². The van der Waals surface area contributed by atoms with Crippen LogP contribution in [0.5, 0.6) is 0 Å². The summed E-state index contributed by atoms with van der Waals surface area (Å²) in [5, 5.41) is 19.0. The Morgan fingerprint density at radius 1 is 1.48 bits per heavy atom. The normalized spacial score (nSPS) is 20.7. The summed E-state index contributed by atoms with van der Waals surface area (Å²) in [5.74, 6) is -1.08. The molecule has 1 unspecified atom stereocenters. The number of para-hydroxylation sites is 1. The van der Waals surface area contributed by atoms with E-state index in [4.69, 9.17) is 0 Å². The molecule has 21 heavy (non-hydrogen) atoms. The largest absolute Gasteiger partial charge is 0.479 e. The van der Waals surface area contributed by atoms with Gasteiger partial charge in [0.25, 0.3) is 0 Å². The molecule has 1 aliphatic heterocycles. The van der Waals surface area contributed by atoms with Crippen molar-refractivity contribution < 1.29 is 14.7 Å². The van der Waals surface area contributed by atoms with Gasteiger partial charge in [0.1, 0.15) is 11.8 Å². The van der Waals surface area contributed by atoms with Crippen LogP contribution < -0.4 is 5.43 Å². The molecule has 0 amide bonds. The number of hydrogen-bond donors (Lipinski definition) is 2. The summed E-state index contributed by atoms with van der Waals surface area (Å²) in [7, 11) is 0. The Kier molecular flexibility index (Phi) is 3.63. The van der Waals surface area contributed by atoms with Crippen LogP contribution in [0, 0.1) is 0 Å². The number of benzene rings is 1. The van der Waals surface area contributed by atoms with Gasteiger partial charge in [0.2, 0.25) is 6.17 Å². The van der Waals surface area contributed by atoms with Crippen LogP contribution in [-0.4, -0.2) is 50.0 Å². The first-order valence-corrected chi connectivity index (χ1v) is 6.71. The van der Waals surface area contributed by atoms with Crippen LogP contribution in [0.25, 0.3) is 11.0 Å². The third kappa shape index (κ3) is 2.50. The summed E-state index contributed by atoms with van der Waals surface area (Å²) in [5.41, 5.74) is 4.12. The topological polar surface area (TPSA) is 100 Å². The van der Waals surface area contributed by atoms with Crippen molar-refractivity contribution in [2.75, 3.05) is 6.54 Å². The third-order valence-corrected chi connectivity index (χ3v) is 3.60. The van der Waals surface area contributed by atoms with Gasteiger partial charge in [0, 0.05) is 6.54 Å². The minimum Gasteiger partial charge on any atom is -0.479 e. The maximum atomic E-state index is 11.6. The van der Waals surface area contributed by atoms with Gasteiger partial charge in [0.05, 0.1) is 11.6 Å². The van der Waals surface area contributed by atoms with Gasteiger partial charge in [-0.3, -0.25) is 0 Å². The number of carbonyl (C=O) groups excluding carboxylic acids is 1. The van der Waals surface area contributed by atoms with Crippen molar-refractivity contribution in [3.63, 3.8) is 0 Å². The van der Waals surface area contributed by atoms with E-state index in [9.17, 15) is 14.7 Å². The Labute approximate surface area is 120 Å². The average molecular weight is 289 g/mol. The van der Waals surface area contributed by atoms with Gasteiger partial charge in [-0.15, -0.1) is 5.10 Å². The Bertz CT molecular complexity index is 671. The highest BCUT2D eigenvalue weighted by molar-refractivity contribution is 5.78. The fraction of sp³-hybridized carbons (Fsp3) is 0.385. The zero-order chi connectivity index (χ0) is 14.8. The van der Waals surface area contributed by atoms with Crippen LogP contribution in [-0.2, 0) is 9.59 Å². The highest BCUT2D eigenvalue weighted by atomic mass is 16.4. The zero-order valence-corrected chi connectivity index (χ0v) is 11.2. The van der Waals surface area contributed by atoms with E-state index >= 15 is 0 Å². The second-order valence-electron chi connectivity index (χ2n) is 4.93. The number of aromatic nitrogens is 3. The number of carboxylic acid groups (broad SMARTS) is 1. The van der Waals surface area contributed by atoms with Crippen molar-refractivity contribution in [3.05, 3.63) is 24.3 Å². The van der Waals surface area contributed by atoms with Gasteiger partial charge in [-0.1, -0.05) is 17.3 Å². The molecule has 2 N–H and O–H groups in total. The minimum atomic E-state index is -1.10. The van der Waals surface area contributed by atoms with Gasteiger partial charge in [-0.25, -0.2) is 19.9 Å². The molecule has 3 rings (SSSR count). The van der Waals surface area contributed by atoms with Crippen LogP contribution in [0.1, 0.15) is 19.0 Å². The molecule has 2 heterocycles. The Hall–Kier alpha value is -2.32. The van der Waals surface area contributed by atoms with Crippen molar-refractivity contribution in [1.29, 1.82) is 0 Å². The van der Waals surface area contributed by atoms with E-state index in [1.54, 1.807) is 23.2 Å². The van der Waals surface area contributed by atoms with Crippen molar-refractivity contribution in [3.8, 4) is 0 Å². The van der Waals surface area contributed by atoms with Crippen molar-refractivity contribution in [1.82, 2.24) is 25.4 Å². The lowest BCUT2D eigenvalue weighted by Crippen LogP contribution is -2.48. The summed E-state index contributed by atoms with van der Waals surface area (Å²) in [6.07, 6.45) is 1.30. The number of aliphatic carboxylic acids is 1. The second-order valence-corrected chi connectivity index (χ2v) is 4.93. The number of carboxylic acids is 1. The second kappa shape index (κ2) is 5.58. The van der Waals surface area contributed by atoms with E-state index in [0.717, 1.165) is 19.1 Å². The smallest absolute Gasteiger partial charge is 0.344 e. The highest BCUT2D eigenvalue weighted by Crippen LogP contribution is 2.18. The molecule has 0 spiro atoms. The van der Waals surface area contributed by atoms with Gasteiger partial charge in [-0.2, -0.15) is 0 Å². The molecule has 0 aliphatic carbocycles. The van der Waals surface area contributed by atoms with E-state index in [1.807, 2.05) is 6.07 Å². The average Bonchev–Trinajstić information content (AvgIpc) is 3.10. The van der Waals surface area contributed by atoms with Crippen LogP contribution in [0.15, 0.2) is 24.3 Å². The first-order valence-electron chi connectivity index (χ1n) is 6.71. The lowest BCUT2D eigenvalue weighted by atomic mass is 10.2. The molecule has 1 saturated heterocycles. The molecule has 0 bridgehead atoms. The lowest BCUT2D eigenvalue weighted by molar-refractivity contribution is -0.145. The predicted molar refractivity (Wildman–Crippen MR) is 73.1 cm³/mol. The van der Waals surface area contributed by atoms with Gasteiger partial charge in [0.15, 0.2) is 0 Å². The van der Waals surface area contributed by atoms with Gasteiger partial charge >= 0.3 is 5.97 Å². The molecule has 1 aromatic carbocycles. The minimum absolute atomic E-state index is 0.304. The van der Waals surface area contributed by atoms with E-state index in [1.165, 1.54) is 4.68 Å². The Balaban J connectivity index is 1.91. The molecule has 1 aliphatic rings. The summed E-state index contributed by atoms with van der Waals surface area (Å²) in [6, 6.07) is 6.83. The Morgan fingerprint density at radius 2 is 2.29 bits per heavy atom. The SMILES string of the molecule is O=C[C@@H]1CCCN1NC(C(=O)O)n1nnc2ccccc21. The molecular formula is C13H15N5O3. The molecule has 8 heteroatoms. The number of rotatable bonds is 5. The number of aldehydes is 1. The number of fused-ring (bicyclic) bond motifs is 1. The summed E-state index contributed by atoms with van der Waals surface area (Å²) >= 11 is 0. The fourth-order valence-electron chi connectivity index (χ4n) is 2.54. The monoisotopic (exact) mass is 289 g/mol. The van der Waals surface area contributed by atoms with E-state index in [-0.39, 0.29) is 6.04 Å². The van der Waals surface area contributed by atoms with Crippen molar-refractivity contribution >= 4 is 23.3 Å². The van der Waals surface area contributed by atoms with Gasteiger partial charge in [-0.05, 0) is 25.0 Å². The molecule has 1 fully saturated rings. The molecule has 8 nitrogen and oxygen atoms in total. The molecule has 1 aromatic heterocycles. The lowest BCUT2D eigenvalue weighted by Gasteiger charge is -2.25. The standard InChI is InChI=1S/C13H15N5O3/c19-8-9-4-3-7-17(9)15-12(13(20)21)18-11-6-2-1-5-10(11)14-16-18/h1-2,5-6,8-9,12,15H,3-4,7H2,(H,20,21)/t9-,12?/m0/s1. The molecule has 2 aromatic rings. The molecule has 2 atom stereocenters. The van der Waals surface area contributed by atoms with Crippen LogP contribution >= 0.6 is 0 Å². The summed E-state index contributed by atoms with van der Waals surface area (Å²) < 4.78 is 1.32. The third-order valence-electron chi connectivity index (χ3n) is 3.60. The fourth-order valence-corrected chi connectivity index (χ4v) is 2.54. The first kappa shape index (κ1) is 13.7. The summed E-state index contributed by atoms with van der Waals surface area (Å²) in [6.45, 7) is 0.625. The van der Waals surface area contributed by atoms with E-state index in [2.05, 4.69) is 15.7 Å². The quantitative estimate of drug-likeness (QED) is 0.757. The number of nitrogens with zero attached hydrogens (tertiary/aromatic N) is 4. The van der Waals surface area contributed by atoms with E-state index in [0.29, 0.717) is 17.6 Å². The maximum Gasteiger partial charge on any atom is 0.344 e. The first-order chi connectivity index (χ1) is 10.2. The predicted octanol–water partition coefficient (Wildman–Crippen LogP) is 0.182.